The smallest absolute Gasteiger partial charge is 0.263 e. The van der Waals surface area contributed by atoms with Gasteiger partial charge in [-0.2, -0.15) is 0 Å². The van der Waals surface area contributed by atoms with Crippen molar-refractivity contribution in [2.45, 2.75) is 40.2 Å². The number of carbonyl (C=O) groups excluding carboxylic acids is 1. The van der Waals surface area contributed by atoms with Crippen LogP contribution in [0.3, 0.4) is 0 Å². The van der Waals surface area contributed by atoms with E-state index in [-0.39, 0.29) is 17.8 Å². The van der Waals surface area contributed by atoms with Gasteiger partial charge in [-0.3, -0.25) is 9.59 Å². The number of aromatic nitrogens is 1. The molecule has 5 rings (SSSR count). The average Bonchev–Trinajstić information content (AvgIpc) is 3.00. The molecule has 0 aliphatic rings. The van der Waals surface area contributed by atoms with Gasteiger partial charge in [-0.15, -0.1) is 0 Å². The molecule has 214 valence electrons. The largest absolute Gasteiger partial charge is 0.489 e. The number of anilines is 1. The van der Waals surface area contributed by atoms with Gasteiger partial charge in [-0.1, -0.05) is 50.2 Å². The molecule has 0 aliphatic heterocycles. The van der Waals surface area contributed by atoms with Crippen LogP contribution >= 0.6 is 0 Å². The zero-order valence-electron chi connectivity index (χ0n) is 23.9. The fourth-order valence-corrected chi connectivity index (χ4v) is 5.08. The number of hydrogen-bond acceptors (Lipinski definition) is 3. The molecule has 4 aromatic carbocycles. The number of aryl methyl sites for hydroxylation is 2. The average molecular weight is 567 g/mol. The Labute approximate surface area is 243 Å². The zero-order valence-corrected chi connectivity index (χ0v) is 23.9. The van der Waals surface area contributed by atoms with Gasteiger partial charge in [0.05, 0.1) is 5.52 Å². The van der Waals surface area contributed by atoms with Crippen molar-refractivity contribution >= 4 is 22.5 Å². The van der Waals surface area contributed by atoms with Crippen LogP contribution in [-0.2, 0) is 19.4 Å². The molecule has 0 saturated heterocycles. The molecule has 0 fully saturated rings. The third-order valence-corrected chi connectivity index (χ3v) is 7.31. The summed E-state index contributed by atoms with van der Waals surface area (Å²) in [5.74, 6) is -1.68. The molecule has 7 heteroatoms. The first-order valence-electron chi connectivity index (χ1n) is 14.1. The fraction of sp³-hybridized carbons (Fsp3) is 0.200. The van der Waals surface area contributed by atoms with Crippen molar-refractivity contribution in [3.63, 3.8) is 0 Å². The third kappa shape index (κ3) is 5.96. The highest BCUT2D eigenvalue weighted by Crippen LogP contribution is 2.27. The van der Waals surface area contributed by atoms with Crippen LogP contribution in [0.25, 0.3) is 16.6 Å². The lowest BCUT2D eigenvalue weighted by Gasteiger charge is -2.22. The number of benzene rings is 4. The van der Waals surface area contributed by atoms with Crippen molar-refractivity contribution in [3.8, 4) is 11.4 Å². The van der Waals surface area contributed by atoms with Gasteiger partial charge in [0.1, 0.15) is 29.6 Å². The Balaban J connectivity index is 1.68. The van der Waals surface area contributed by atoms with Crippen molar-refractivity contribution in [1.82, 2.24) is 4.57 Å². The van der Waals surface area contributed by atoms with E-state index in [2.05, 4.69) is 19.9 Å². The highest BCUT2D eigenvalue weighted by atomic mass is 19.1. The highest BCUT2D eigenvalue weighted by molar-refractivity contribution is 6.07. The van der Waals surface area contributed by atoms with Crippen LogP contribution in [0.15, 0.2) is 95.9 Å². The molecule has 0 spiro atoms. The summed E-state index contributed by atoms with van der Waals surface area (Å²) >= 11 is 0. The Kier molecular flexibility index (Phi) is 8.48. The van der Waals surface area contributed by atoms with Crippen LogP contribution in [0.2, 0.25) is 0 Å². The Hall–Kier alpha value is -4.78. The fourth-order valence-electron chi connectivity index (χ4n) is 5.08. The standard InChI is InChI=1S/C35H32F2N2O3/c1-4-23-14-24(5-2)16-28(15-23)39-21-32(35(41)38(6-3)29-18-26(36)17-27(37)19-29)34(40)31-13-12-30(20-33(31)39)42-22-25-10-8-7-9-11-25/h7-21H,4-6,22H2,1-3H3. The van der Waals surface area contributed by atoms with E-state index in [1.54, 1.807) is 25.1 Å². The lowest BCUT2D eigenvalue weighted by Crippen LogP contribution is -2.35. The van der Waals surface area contributed by atoms with Gasteiger partial charge in [0.2, 0.25) is 5.43 Å². The zero-order chi connectivity index (χ0) is 29.8. The predicted octanol–water partition coefficient (Wildman–Crippen LogP) is 7.64. The van der Waals surface area contributed by atoms with E-state index in [1.165, 1.54) is 11.1 Å². The minimum Gasteiger partial charge on any atom is -0.489 e. The number of halogens is 2. The molecule has 0 saturated carbocycles. The first-order chi connectivity index (χ1) is 20.3. The Morgan fingerprint density at radius 1 is 0.810 bits per heavy atom. The minimum absolute atomic E-state index is 0.0388. The number of pyridine rings is 1. The molecule has 5 nitrogen and oxygen atoms in total. The molecule has 1 aromatic heterocycles. The van der Waals surface area contributed by atoms with Gasteiger partial charge in [0, 0.05) is 41.6 Å². The van der Waals surface area contributed by atoms with Crippen molar-refractivity contribution in [3.05, 3.63) is 135 Å². The van der Waals surface area contributed by atoms with E-state index in [0.29, 0.717) is 23.3 Å². The topological polar surface area (TPSA) is 51.5 Å². The van der Waals surface area contributed by atoms with Crippen LogP contribution in [0.4, 0.5) is 14.5 Å². The molecule has 1 heterocycles. The molecule has 42 heavy (non-hydrogen) atoms. The Bertz CT molecular complexity index is 1770. The number of ether oxygens (including phenoxy) is 1. The van der Waals surface area contributed by atoms with Gasteiger partial charge >= 0.3 is 0 Å². The SMILES string of the molecule is CCc1cc(CC)cc(-n2cc(C(=O)N(CC)c3cc(F)cc(F)c3)c(=O)c3ccc(OCc4ccccc4)cc32)c1. The van der Waals surface area contributed by atoms with Crippen LogP contribution in [-0.4, -0.2) is 17.0 Å². The van der Waals surface area contributed by atoms with Crippen molar-refractivity contribution in [1.29, 1.82) is 0 Å². The second-order valence-electron chi connectivity index (χ2n) is 10.1. The van der Waals surface area contributed by atoms with Crippen LogP contribution in [0, 0.1) is 11.6 Å². The normalized spacial score (nSPS) is 11.1. The highest BCUT2D eigenvalue weighted by Gasteiger charge is 2.23. The summed E-state index contributed by atoms with van der Waals surface area (Å²) in [4.78, 5) is 28.9. The summed E-state index contributed by atoms with van der Waals surface area (Å²) in [6, 6.07) is 24.1. The van der Waals surface area contributed by atoms with E-state index in [4.69, 9.17) is 4.74 Å². The second kappa shape index (κ2) is 12.4. The van der Waals surface area contributed by atoms with Gasteiger partial charge in [0.15, 0.2) is 0 Å². The number of nitrogens with zero attached hydrogens (tertiary/aromatic N) is 2. The van der Waals surface area contributed by atoms with Gasteiger partial charge in [-0.05, 0) is 72.9 Å². The number of hydrogen-bond donors (Lipinski definition) is 0. The van der Waals surface area contributed by atoms with E-state index in [0.717, 1.165) is 53.4 Å². The maximum Gasteiger partial charge on any atom is 0.263 e. The summed E-state index contributed by atoms with van der Waals surface area (Å²) in [6.45, 7) is 6.30. The lowest BCUT2D eigenvalue weighted by molar-refractivity contribution is 0.0987. The molecular weight excluding hydrogens is 534 g/mol. The van der Waals surface area contributed by atoms with E-state index < -0.39 is 23.0 Å². The maximum atomic E-state index is 14.1. The van der Waals surface area contributed by atoms with Crippen molar-refractivity contribution < 1.29 is 18.3 Å². The molecule has 0 N–H and O–H groups in total. The van der Waals surface area contributed by atoms with Gasteiger partial charge < -0.3 is 14.2 Å². The van der Waals surface area contributed by atoms with Gasteiger partial charge in [0.25, 0.3) is 5.91 Å². The van der Waals surface area contributed by atoms with Crippen molar-refractivity contribution in [2.75, 3.05) is 11.4 Å². The number of rotatable bonds is 9. The summed E-state index contributed by atoms with van der Waals surface area (Å²) in [7, 11) is 0. The number of fused-ring (bicyclic) bond motifs is 1. The van der Waals surface area contributed by atoms with Crippen LogP contribution < -0.4 is 15.1 Å². The first kappa shape index (κ1) is 28.7. The van der Waals surface area contributed by atoms with Crippen LogP contribution in [0.1, 0.15) is 47.8 Å². The van der Waals surface area contributed by atoms with E-state index in [1.807, 2.05) is 47.0 Å². The van der Waals surface area contributed by atoms with E-state index >= 15 is 0 Å². The quantitative estimate of drug-likeness (QED) is 0.184. The molecular formula is C35H32F2N2O3. The number of carbonyl (C=O) groups is 1. The maximum absolute atomic E-state index is 14.1. The lowest BCUT2D eigenvalue weighted by atomic mass is 10.0. The summed E-state index contributed by atoms with van der Waals surface area (Å²) in [6.07, 6.45) is 3.15. The molecule has 1 amide bonds. The molecule has 0 aliphatic carbocycles. The van der Waals surface area contributed by atoms with Crippen molar-refractivity contribution in [2.24, 2.45) is 0 Å². The minimum atomic E-state index is -0.807. The summed E-state index contributed by atoms with van der Waals surface area (Å²) in [5, 5.41) is 0.328. The second-order valence-corrected chi connectivity index (χ2v) is 10.1. The predicted molar refractivity (Wildman–Crippen MR) is 163 cm³/mol. The first-order valence-corrected chi connectivity index (χ1v) is 14.1. The molecule has 0 atom stereocenters. The molecule has 0 bridgehead atoms. The molecule has 0 unspecified atom stereocenters. The van der Waals surface area contributed by atoms with E-state index in [9.17, 15) is 18.4 Å². The molecule has 0 radical (unpaired) electrons. The number of amides is 1. The van der Waals surface area contributed by atoms with Gasteiger partial charge in [-0.25, -0.2) is 8.78 Å². The summed E-state index contributed by atoms with van der Waals surface area (Å²) in [5.41, 5.74) is 4.08. The Morgan fingerprint density at radius 2 is 1.48 bits per heavy atom. The molecule has 5 aromatic rings. The monoisotopic (exact) mass is 566 g/mol. The Morgan fingerprint density at radius 3 is 2.10 bits per heavy atom. The third-order valence-electron chi connectivity index (χ3n) is 7.31. The van der Waals surface area contributed by atoms with Crippen LogP contribution in [0.5, 0.6) is 5.75 Å². The summed E-state index contributed by atoms with van der Waals surface area (Å²) < 4.78 is 36.0.